The number of aromatic nitrogens is 1. The molecule has 3 N–H and O–H groups in total. The minimum absolute atomic E-state index is 0.316. The minimum atomic E-state index is -3.38. The van der Waals surface area contributed by atoms with Gasteiger partial charge in [-0.15, -0.1) is 0 Å². The van der Waals surface area contributed by atoms with Crippen LogP contribution in [0.5, 0.6) is 5.75 Å². The molecule has 0 radical (unpaired) electrons. The topological polar surface area (TPSA) is 92.6 Å². The van der Waals surface area contributed by atoms with Crippen molar-refractivity contribution < 1.29 is 18.3 Å². The van der Waals surface area contributed by atoms with Crippen LogP contribution < -0.4 is 14.8 Å². The van der Waals surface area contributed by atoms with E-state index in [0.717, 1.165) is 24.1 Å². The Morgan fingerprint density at radius 3 is 2.45 bits per heavy atom. The molecule has 1 heterocycles. The van der Waals surface area contributed by atoms with Crippen LogP contribution in [-0.2, 0) is 16.6 Å². The SMILES string of the molecule is CS(=O)(=O)Nc1cccc([C@@H](O)CNCCOc2ccc3c4ccccc4n(Cc4ccccc4)c3c2)c1. The molecule has 0 amide bonds. The normalized spacial score (nSPS) is 12.6. The first-order valence-electron chi connectivity index (χ1n) is 12.5. The van der Waals surface area contributed by atoms with E-state index in [1.165, 1.54) is 21.9 Å². The van der Waals surface area contributed by atoms with Crippen LogP contribution in [0.2, 0.25) is 0 Å². The average Bonchev–Trinajstić information content (AvgIpc) is 3.21. The van der Waals surface area contributed by atoms with Crippen molar-refractivity contribution in [2.24, 2.45) is 0 Å². The highest BCUT2D eigenvalue weighted by Gasteiger charge is 2.12. The summed E-state index contributed by atoms with van der Waals surface area (Å²) in [6.45, 7) is 2.07. The number of nitrogens with one attached hydrogen (secondary N) is 2. The molecule has 0 unspecified atom stereocenters. The Morgan fingerprint density at radius 1 is 0.868 bits per heavy atom. The highest BCUT2D eigenvalue weighted by molar-refractivity contribution is 7.92. The Hall–Kier alpha value is -3.85. The number of aliphatic hydroxyl groups is 1. The van der Waals surface area contributed by atoms with Crippen LogP contribution in [0, 0.1) is 0 Å². The van der Waals surface area contributed by atoms with Crippen LogP contribution in [0.3, 0.4) is 0 Å². The smallest absolute Gasteiger partial charge is 0.229 e. The van der Waals surface area contributed by atoms with Crippen LogP contribution >= 0.6 is 0 Å². The lowest BCUT2D eigenvalue weighted by atomic mass is 10.1. The zero-order valence-electron chi connectivity index (χ0n) is 21.2. The predicted octanol–water partition coefficient (Wildman–Crippen LogP) is 4.92. The molecule has 1 aromatic heterocycles. The average molecular weight is 530 g/mol. The molecule has 5 rings (SSSR count). The maximum atomic E-state index is 11.5. The maximum absolute atomic E-state index is 11.5. The van der Waals surface area contributed by atoms with E-state index in [2.05, 4.69) is 75.3 Å². The van der Waals surface area contributed by atoms with Gasteiger partial charge in [-0.3, -0.25) is 4.72 Å². The van der Waals surface area contributed by atoms with E-state index >= 15 is 0 Å². The molecule has 0 spiro atoms. The molecule has 196 valence electrons. The Bertz CT molecular complexity index is 1650. The Labute approximate surface area is 222 Å². The van der Waals surface area contributed by atoms with E-state index in [1.807, 2.05) is 12.1 Å². The predicted molar refractivity (Wildman–Crippen MR) is 153 cm³/mol. The van der Waals surface area contributed by atoms with Gasteiger partial charge in [-0.1, -0.05) is 60.7 Å². The van der Waals surface area contributed by atoms with E-state index in [0.29, 0.717) is 30.9 Å². The van der Waals surface area contributed by atoms with Crippen molar-refractivity contribution in [3.8, 4) is 5.75 Å². The van der Waals surface area contributed by atoms with Gasteiger partial charge in [-0.25, -0.2) is 8.42 Å². The van der Waals surface area contributed by atoms with E-state index in [-0.39, 0.29) is 0 Å². The first-order chi connectivity index (χ1) is 18.4. The van der Waals surface area contributed by atoms with Gasteiger partial charge in [-0.05, 0) is 41.5 Å². The third kappa shape index (κ3) is 6.16. The summed E-state index contributed by atoms with van der Waals surface area (Å²) < 4.78 is 33.7. The molecular formula is C30H31N3O4S. The number of rotatable bonds is 11. The van der Waals surface area contributed by atoms with Gasteiger partial charge in [0.1, 0.15) is 12.4 Å². The van der Waals surface area contributed by atoms with Crippen LogP contribution in [0.4, 0.5) is 5.69 Å². The van der Waals surface area contributed by atoms with Crippen LogP contribution in [0.15, 0.2) is 97.1 Å². The second-order valence-corrected chi connectivity index (χ2v) is 11.1. The van der Waals surface area contributed by atoms with E-state index in [4.69, 9.17) is 4.74 Å². The molecule has 0 bridgehead atoms. The number of fused-ring (bicyclic) bond motifs is 3. The summed E-state index contributed by atoms with van der Waals surface area (Å²) in [5, 5.41) is 16.1. The summed E-state index contributed by atoms with van der Waals surface area (Å²) >= 11 is 0. The van der Waals surface area contributed by atoms with Gasteiger partial charge < -0.3 is 19.7 Å². The fourth-order valence-electron chi connectivity index (χ4n) is 4.68. The van der Waals surface area contributed by atoms with Crippen molar-refractivity contribution in [3.05, 3.63) is 108 Å². The highest BCUT2D eigenvalue weighted by Crippen LogP contribution is 2.32. The first-order valence-corrected chi connectivity index (χ1v) is 14.4. The standard InChI is InChI=1S/C30H31N3O4S/c1-38(35,36)32-24-11-7-10-23(18-24)30(34)20-31-16-17-37-25-14-15-27-26-12-5-6-13-28(26)33(29(27)19-25)21-22-8-3-2-4-9-22/h2-15,18-19,30-32,34H,16-17,20-21H2,1H3/t30-/m0/s1. The van der Waals surface area contributed by atoms with Crippen molar-refractivity contribution in [2.75, 3.05) is 30.7 Å². The summed E-state index contributed by atoms with van der Waals surface area (Å²) in [5.74, 6) is 0.788. The number of sulfonamides is 1. The van der Waals surface area contributed by atoms with Crippen molar-refractivity contribution in [3.63, 3.8) is 0 Å². The van der Waals surface area contributed by atoms with Gasteiger partial charge >= 0.3 is 0 Å². The van der Waals surface area contributed by atoms with Gasteiger partial charge in [0.25, 0.3) is 0 Å². The number of ether oxygens (including phenoxy) is 1. The molecule has 4 aromatic carbocycles. The molecule has 0 saturated carbocycles. The minimum Gasteiger partial charge on any atom is -0.492 e. The lowest BCUT2D eigenvalue weighted by molar-refractivity contribution is 0.172. The van der Waals surface area contributed by atoms with E-state index in [9.17, 15) is 13.5 Å². The van der Waals surface area contributed by atoms with Crippen LogP contribution in [0.1, 0.15) is 17.2 Å². The number of hydrogen-bond acceptors (Lipinski definition) is 5. The molecule has 5 aromatic rings. The van der Waals surface area contributed by atoms with Crippen LogP contribution in [-0.4, -0.2) is 44.0 Å². The molecule has 0 aliphatic rings. The van der Waals surface area contributed by atoms with Crippen molar-refractivity contribution in [1.82, 2.24) is 9.88 Å². The summed E-state index contributed by atoms with van der Waals surface area (Å²) in [5.41, 5.74) is 4.60. The van der Waals surface area contributed by atoms with Gasteiger partial charge in [-0.2, -0.15) is 0 Å². The van der Waals surface area contributed by atoms with Gasteiger partial charge in [0.2, 0.25) is 10.0 Å². The summed E-state index contributed by atoms with van der Waals surface area (Å²) in [6, 6.07) is 31.8. The van der Waals surface area contributed by atoms with Crippen LogP contribution in [0.25, 0.3) is 21.8 Å². The van der Waals surface area contributed by atoms with E-state index < -0.39 is 16.1 Å². The molecule has 0 aliphatic heterocycles. The van der Waals surface area contributed by atoms with Gasteiger partial charge in [0, 0.05) is 47.7 Å². The number of nitrogens with zero attached hydrogens (tertiary/aromatic N) is 1. The number of aliphatic hydroxyl groups excluding tert-OH is 1. The molecule has 7 nitrogen and oxygen atoms in total. The monoisotopic (exact) mass is 529 g/mol. The second-order valence-electron chi connectivity index (χ2n) is 9.34. The van der Waals surface area contributed by atoms with Crippen molar-refractivity contribution >= 4 is 37.5 Å². The zero-order chi connectivity index (χ0) is 26.5. The number of hydrogen-bond donors (Lipinski definition) is 3. The third-order valence-corrected chi connectivity index (χ3v) is 6.99. The van der Waals surface area contributed by atoms with Crippen molar-refractivity contribution in [1.29, 1.82) is 0 Å². The molecule has 0 fully saturated rings. The van der Waals surface area contributed by atoms with Crippen molar-refractivity contribution in [2.45, 2.75) is 12.6 Å². The first kappa shape index (κ1) is 25.8. The molecule has 38 heavy (non-hydrogen) atoms. The molecule has 0 aliphatic carbocycles. The Morgan fingerprint density at radius 2 is 1.63 bits per heavy atom. The lowest BCUT2D eigenvalue weighted by Crippen LogP contribution is -2.26. The lowest BCUT2D eigenvalue weighted by Gasteiger charge is -2.14. The fourth-order valence-corrected chi connectivity index (χ4v) is 5.23. The molecule has 0 saturated heterocycles. The third-order valence-electron chi connectivity index (χ3n) is 6.39. The summed E-state index contributed by atoms with van der Waals surface area (Å²) in [4.78, 5) is 0. The zero-order valence-corrected chi connectivity index (χ0v) is 22.0. The summed E-state index contributed by atoms with van der Waals surface area (Å²) in [7, 11) is -3.38. The number of para-hydroxylation sites is 1. The largest absolute Gasteiger partial charge is 0.492 e. The Kier molecular flexibility index (Phi) is 7.64. The second kappa shape index (κ2) is 11.3. The number of benzene rings is 4. The molecule has 8 heteroatoms. The van der Waals surface area contributed by atoms with E-state index in [1.54, 1.807) is 24.3 Å². The molecule has 1 atom stereocenters. The van der Waals surface area contributed by atoms with Gasteiger partial charge in [0.15, 0.2) is 0 Å². The quantitative estimate of drug-likeness (QED) is 0.211. The number of anilines is 1. The maximum Gasteiger partial charge on any atom is 0.229 e. The molecular weight excluding hydrogens is 498 g/mol. The summed E-state index contributed by atoms with van der Waals surface area (Å²) in [6.07, 6.45) is 0.319. The van der Waals surface area contributed by atoms with Gasteiger partial charge in [0.05, 0.1) is 17.9 Å². The Balaban J connectivity index is 1.22. The fraction of sp³-hybridized carbons (Fsp3) is 0.200. The highest BCUT2D eigenvalue weighted by atomic mass is 32.2.